The number of hydrogen-bond donors (Lipinski definition) is 0. The minimum atomic E-state index is -2.98. The summed E-state index contributed by atoms with van der Waals surface area (Å²) in [7, 11) is 4.14. The van der Waals surface area contributed by atoms with Gasteiger partial charge >= 0.3 is 210 Å². The first-order chi connectivity index (χ1) is 16.3. The second-order valence-electron chi connectivity index (χ2n) is 10.4. The monoisotopic (exact) mass is 567 g/mol. The van der Waals surface area contributed by atoms with Gasteiger partial charge in [-0.25, -0.2) is 0 Å². The van der Waals surface area contributed by atoms with E-state index in [1.807, 2.05) is 0 Å². The van der Waals surface area contributed by atoms with E-state index in [1.165, 1.54) is 65.1 Å². The molecule has 0 radical (unpaired) electrons. The van der Waals surface area contributed by atoms with Crippen LogP contribution in [0.5, 0.6) is 0 Å². The van der Waals surface area contributed by atoms with Crippen LogP contribution in [-0.4, -0.2) is 46.7 Å². The molecule has 0 bridgehead atoms. The van der Waals surface area contributed by atoms with E-state index < -0.39 is 19.5 Å². The Morgan fingerprint density at radius 1 is 0.912 bits per heavy atom. The average molecular weight is 565 g/mol. The number of rotatable bonds is 2. The van der Waals surface area contributed by atoms with Gasteiger partial charge < -0.3 is 0 Å². The van der Waals surface area contributed by atoms with E-state index in [9.17, 15) is 3.10 Å². The number of benzene rings is 3. The van der Waals surface area contributed by atoms with Crippen molar-refractivity contribution in [3.63, 3.8) is 0 Å². The molecule has 3 heterocycles. The first kappa shape index (κ1) is 22.2. The Bertz CT molecular complexity index is 1500. The fraction of sp³-hybridized carbons (Fsp3) is 0.367. The van der Waals surface area contributed by atoms with Crippen molar-refractivity contribution >= 4 is 38.0 Å². The summed E-state index contributed by atoms with van der Waals surface area (Å²) in [5.41, 5.74) is 11.8. The van der Waals surface area contributed by atoms with Crippen LogP contribution in [0, 0.1) is 20.8 Å². The Hall–Kier alpha value is -2.28. The van der Waals surface area contributed by atoms with Crippen molar-refractivity contribution in [2.24, 2.45) is 0 Å². The molecule has 0 fully saturated rings. The van der Waals surface area contributed by atoms with Gasteiger partial charge in [-0.1, -0.05) is 0 Å². The zero-order chi connectivity index (χ0) is 23.7. The van der Waals surface area contributed by atoms with Crippen molar-refractivity contribution < 1.29 is 3.10 Å². The third-order valence-electron chi connectivity index (χ3n) is 7.80. The number of nitrogens with zero attached hydrogens (tertiary/aromatic N) is 2. The summed E-state index contributed by atoms with van der Waals surface area (Å²) in [4.78, 5) is 2.13. The maximum atomic E-state index is 14.5. The van der Waals surface area contributed by atoms with Gasteiger partial charge in [-0.05, 0) is 0 Å². The Morgan fingerprint density at radius 3 is 2.32 bits per heavy atom. The molecule has 6 rings (SSSR count). The van der Waals surface area contributed by atoms with Crippen molar-refractivity contribution in [2.45, 2.75) is 46.5 Å². The third-order valence-corrected chi connectivity index (χ3v) is 12.3. The second kappa shape index (κ2) is 8.14. The number of fused-ring (bicyclic) bond motifs is 3. The van der Waals surface area contributed by atoms with Gasteiger partial charge in [0.1, 0.15) is 0 Å². The summed E-state index contributed by atoms with van der Waals surface area (Å²) < 4.78 is 19.4. The Balaban J connectivity index is 1.83. The van der Waals surface area contributed by atoms with E-state index in [1.54, 1.807) is 0 Å². The SMILES string of the molecule is Cc1cc(C)c(C2=c3cc4c5c(c3[Te](=O)c3cc(N(C)C)ccc32)CCC[N+]=5CCC4)c(C)c1. The molecule has 3 aliphatic rings. The van der Waals surface area contributed by atoms with Crippen LogP contribution in [0.25, 0.3) is 5.57 Å². The van der Waals surface area contributed by atoms with E-state index >= 15 is 0 Å². The van der Waals surface area contributed by atoms with Gasteiger partial charge in [-0.15, -0.1) is 0 Å². The topological polar surface area (TPSA) is 23.3 Å². The van der Waals surface area contributed by atoms with Crippen LogP contribution in [0.1, 0.15) is 51.8 Å². The molecule has 0 unspecified atom stereocenters. The van der Waals surface area contributed by atoms with Crippen molar-refractivity contribution in [2.75, 3.05) is 32.1 Å². The van der Waals surface area contributed by atoms with Gasteiger partial charge in [-0.2, -0.15) is 0 Å². The van der Waals surface area contributed by atoms with Gasteiger partial charge in [0.15, 0.2) is 0 Å². The van der Waals surface area contributed by atoms with Gasteiger partial charge in [0.25, 0.3) is 0 Å². The molecule has 3 aliphatic heterocycles. The van der Waals surface area contributed by atoms with Crippen molar-refractivity contribution in [1.29, 1.82) is 0 Å². The molecule has 34 heavy (non-hydrogen) atoms. The van der Waals surface area contributed by atoms with Gasteiger partial charge in [-0.3, -0.25) is 0 Å². The number of anilines is 1. The van der Waals surface area contributed by atoms with Gasteiger partial charge in [0.05, 0.1) is 0 Å². The van der Waals surface area contributed by atoms with E-state index in [0.717, 1.165) is 41.7 Å². The fourth-order valence-corrected chi connectivity index (χ4v) is 11.0. The molecule has 4 heteroatoms. The summed E-state index contributed by atoms with van der Waals surface area (Å²) in [6.45, 7) is 8.94. The standard InChI is InChI=1S/C30H33N2OTe/c1-18-14-19(2)27(20(3)15-18)28-23-11-10-22(31(4)5)17-26(23)34(33)30-24-9-7-13-32-12-6-8-21(29(24)32)16-25(28)30/h10-11,14-17H,6-9,12-13H2,1-5H3/q+1. The average Bonchev–Trinajstić information content (AvgIpc) is 2.80. The first-order valence-corrected chi connectivity index (χ1v) is 15.8. The predicted molar refractivity (Wildman–Crippen MR) is 142 cm³/mol. The van der Waals surface area contributed by atoms with E-state index in [-0.39, 0.29) is 0 Å². The molecule has 3 aromatic rings. The first-order valence-electron chi connectivity index (χ1n) is 12.5. The third kappa shape index (κ3) is 3.26. The second-order valence-corrected chi connectivity index (χ2v) is 14.4. The van der Waals surface area contributed by atoms with Crippen LogP contribution in [0.2, 0.25) is 0 Å². The molecular formula is C30H33N2OTe+. The summed E-state index contributed by atoms with van der Waals surface area (Å²) in [6, 6.07) is 13.7. The molecule has 0 saturated heterocycles. The zero-order valence-corrected chi connectivity index (χ0v) is 23.2. The van der Waals surface area contributed by atoms with Crippen LogP contribution in [0.4, 0.5) is 5.69 Å². The molecule has 0 N–H and O–H groups in total. The van der Waals surface area contributed by atoms with Gasteiger partial charge in [0, 0.05) is 0 Å². The molecule has 0 amide bonds. The van der Waals surface area contributed by atoms with Crippen LogP contribution < -0.4 is 27.3 Å². The molecule has 0 atom stereocenters. The fourth-order valence-electron chi connectivity index (χ4n) is 6.48. The minimum absolute atomic E-state index is 1.06. The van der Waals surface area contributed by atoms with Crippen molar-refractivity contribution in [3.8, 4) is 0 Å². The van der Waals surface area contributed by atoms with Crippen LogP contribution in [-0.2, 0) is 15.9 Å². The van der Waals surface area contributed by atoms with Crippen LogP contribution in [0.3, 0.4) is 0 Å². The Labute approximate surface area is 209 Å². The summed E-state index contributed by atoms with van der Waals surface area (Å²) in [5.74, 6) is 0. The molecule has 174 valence electrons. The number of hydrogen-bond acceptors (Lipinski definition) is 2. The van der Waals surface area contributed by atoms with Gasteiger partial charge in [0.2, 0.25) is 0 Å². The molecular weight excluding hydrogens is 532 g/mol. The number of aryl methyl sites for hydroxylation is 4. The maximum absolute atomic E-state index is 14.5. The summed E-state index contributed by atoms with van der Waals surface area (Å²) in [6.07, 6.45) is 4.57. The molecule has 3 aromatic carbocycles. The molecule has 0 saturated carbocycles. The van der Waals surface area contributed by atoms with E-state index in [2.05, 4.69) is 80.7 Å². The Morgan fingerprint density at radius 2 is 1.62 bits per heavy atom. The quantitative estimate of drug-likeness (QED) is 0.275. The Kier molecular flexibility index (Phi) is 5.32. The normalized spacial score (nSPS) is 16.7. The predicted octanol–water partition coefficient (Wildman–Crippen LogP) is 2.16. The summed E-state index contributed by atoms with van der Waals surface area (Å²) >= 11 is -2.98. The van der Waals surface area contributed by atoms with Crippen LogP contribution in [0.15, 0.2) is 36.4 Å². The molecule has 0 aliphatic carbocycles. The molecule has 3 nitrogen and oxygen atoms in total. The van der Waals surface area contributed by atoms with E-state index in [4.69, 9.17) is 0 Å². The zero-order valence-electron chi connectivity index (χ0n) is 20.9. The van der Waals surface area contributed by atoms with Crippen molar-refractivity contribution in [1.82, 2.24) is 4.58 Å². The van der Waals surface area contributed by atoms with Crippen LogP contribution >= 0.6 is 0 Å². The summed E-state index contributed by atoms with van der Waals surface area (Å²) in [5, 5.41) is 2.70. The molecule has 0 aromatic heterocycles. The molecule has 0 spiro atoms. The van der Waals surface area contributed by atoms with E-state index in [0.29, 0.717) is 0 Å². The van der Waals surface area contributed by atoms with Crippen molar-refractivity contribution in [3.05, 3.63) is 85.9 Å².